The predicted octanol–water partition coefficient (Wildman–Crippen LogP) is 4.15. The van der Waals surface area contributed by atoms with E-state index in [1.807, 2.05) is 73.0 Å². The SMILES string of the molecule is Cc1ccc(C(=O)N2CCCN(C(=O)CCCOc3c(C)cccc3C)CC2)cc1. The minimum atomic E-state index is 0.0475. The number of para-hydroxylation sites is 1. The van der Waals surface area contributed by atoms with E-state index in [1.54, 1.807) is 0 Å². The molecular formula is C25H32N2O3. The fraction of sp³-hybridized carbons (Fsp3) is 0.440. The van der Waals surface area contributed by atoms with Gasteiger partial charge in [-0.3, -0.25) is 9.59 Å². The van der Waals surface area contributed by atoms with Gasteiger partial charge in [-0.2, -0.15) is 0 Å². The van der Waals surface area contributed by atoms with Gasteiger partial charge in [-0.25, -0.2) is 0 Å². The highest BCUT2D eigenvalue weighted by atomic mass is 16.5. The third kappa shape index (κ3) is 5.62. The second-order valence-corrected chi connectivity index (χ2v) is 8.07. The van der Waals surface area contributed by atoms with E-state index >= 15 is 0 Å². The maximum Gasteiger partial charge on any atom is 0.253 e. The zero-order valence-electron chi connectivity index (χ0n) is 18.3. The van der Waals surface area contributed by atoms with E-state index in [0.29, 0.717) is 51.2 Å². The minimum Gasteiger partial charge on any atom is -0.493 e. The van der Waals surface area contributed by atoms with Crippen molar-refractivity contribution in [1.82, 2.24) is 9.80 Å². The first-order valence-electron chi connectivity index (χ1n) is 10.8. The number of amides is 2. The molecule has 1 aliphatic rings. The Kier molecular flexibility index (Phi) is 7.50. The molecule has 1 fully saturated rings. The highest BCUT2D eigenvalue weighted by molar-refractivity contribution is 5.94. The highest BCUT2D eigenvalue weighted by Gasteiger charge is 2.22. The number of aryl methyl sites for hydroxylation is 3. The molecule has 0 N–H and O–H groups in total. The van der Waals surface area contributed by atoms with Gasteiger partial charge in [-0.15, -0.1) is 0 Å². The van der Waals surface area contributed by atoms with Gasteiger partial charge >= 0.3 is 0 Å². The smallest absolute Gasteiger partial charge is 0.253 e. The van der Waals surface area contributed by atoms with Crippen LogP contribution in [0, 0.1) is 20.8 Å². The van der Waals surface area contributed by atoms with Crippen molar-refractivity contribution < 1.29 is 14.3 Å². The van der Waals surface area contributed by atoms with E-state index in [9.17, 15) is 9.59 Å². The van der Waals surface area contributed by atoms with Gasteiger partial charge in [0.15, 0.2) is 0 Å². The van der Waals surface area contributed by atoms with E-state index in [2.05, 4.69) is 0 Å². The van der Waals surface area contributed by atoms with E-state index in [1.165, 1.54) is 0 Å². The molecule has 160 valence electrons. The minimum absolute atomic E-state index is 0.0475. The number of nitrogens with zero attached hydrogens (tertiary/aromatic N) is 2. The summed E-state index contributed by atoms with van der Waals surface area (Å²) in [5.41, 5.74) is 4.09. The van der Waals surface area contributed by atoms with Crippen LogP contribution in [0.5, 0.6) is 5.75 Å². The summed E-state index contributed by atoms with van der Waals surface area (Å²) < 4.78 is 5.91. The number of benzene rings is 2. The summed E-state index contributed by atoms with van der Waals surface area (Å²) in [7, 11) is 0. The van der Waals surface area contributed by atoms with E-state index in [-0.39, 0.29) is 11.8 Å². The zero-order valence-corrected chi connectivity index (χ0v) is 18.3. The Bertz CT molecular complexity index is 856. The van der Waals surface area contributed by atoms with Crippen molar-refractivity contribution in [1.29, 1.82) is 0 Å². The average Bonchev–Trinajstić information content (AvgIpc) is 2.99. The summed E-state index contributed by atoms with van der Waals surface area (Å²) in [6.07, 6.45) is 1.97. The molecule has 0 atom stereocenters. The largest absolute Gasteiger partial charge is 0.493 e. The van der Waals surface area contributed by atoms with Crippen LogP contribution in [-0.2, 0) is 4.79 Å². The Morgan fingerprint density at radius 1 is 0.867 bits per heavy atom. The Morgan fingerprint density at radius 3 is 2.20 bits per heavy atom. The number of hydrogen-bond donors (Lipinski definition) is 0. The topological polar surface area (TPSA) is 49.9 Å². The van der Waals surface area contributed by atoms with Crippen LogP contribution in [0.2, 0.25) is 0 Å². The van der Waals surface area contributed by atoms with Crippen molar-refractivity contribution in [2.75, 3.05) is 32.8 Å². The third-order valence-electron chi connectivity index (χ3n) is 5.62. The number of hydrogen-bond acceptors (Lipinski definition) is 3. The number of carbonyl (C=O) groups excluding carboxylic acids is 2. The lowest BCUT2D eigenvalue weighted by molar-refractivity contribution is -0.131. The maximum absolute atomic E-state index is 12.7. The molecule has 1 saturated heterocycles. The predicted molar refractivity (Wildman–Crippen MR) is 119 cm³/mol. The second kappa shape index (κ2) is 10.3. The van der Waals surface area contributed by atoms with Gasteiger partial charge in [0, 0.05) is 38.2 Å². The Balaban J connectivity index is 1.45. The van der Waals surface area contributed by atoms with Crippen LogP contribution < -0.4 is 4.74 Å². The van der Waals surface area contributed by atoms with Crippen molar-refractivity contribution in [3.63, 3.8) is 0 Å². The number of rotatable bonds is 6. The summed E-state index contributed by atoms with van der Waals surface area (Å²) >= 11 is 0. The lowest BCUT2D eigenvalue weighted by Gasteiger charge is -2.22. The molecule has 5 heteroatoms. The number of ether oxygens (including phenoxy) is 1. The molecule has 0 aromatic heterocycles. The Morgan fingerprint density at radius 2 is 1.50 bits per heavy atom. The van der Waals surface area contributed by atoms with Crippen molar-refractivity contribution in [3.8, 4) is 5.75 Å². The maximum atomic E-state index is 12.7. The molecule has 0 aliphatic carbocycles. The molecule has 0 bridgehead atoms. The standard InChI is InChI=1S/C25H32N2O3/c1-19-10-12-22(13-11-19)25(29)27-15-6-14-26(16-17-27)23(28)9-5-18-30-24-20(2)7-4-8-21(24)3/h4,7-8,10-13H,5-6,9,14-18H2,1-3H3. The van der Waals surface area contributed by atoms with E-state index in [0.717, 1.165) is 28.9 Å². The highest BCUT2D eigenvalue weighted by Crippen LogP contribution is 2.22. The van der Waals surface area contributed by atoms with Crippen LogP contribution in [-0.4, -0.2) is 54.4 Å². The zero-order chi connectivity index (χ0) is 21.5. The summed E-state index contributed by atoms with van der Waals surface area (Å²) in [6.45, 7) is 9.18. The van der Waals surface area contributed by atoms with Crippen LogP contribution in [0.25, 0.3) is 0 Å². The summed E-state index contributed by atoms with van der Waals surface area (Å²) in [6, 6.07) is 13.8. The van der Waals surface area contributed by atoms with Gasteiger partial charge in [0.25, 0.3) is 5.91 Å². The lowest BCUT2D eigenvalue weighted by Crippen LogP contribution is -2.37. The lowest BCUT2D eigenvalue weighted by atomic mass is 10.1. The molecule has 0 spiro atoms. The first-order chi connectivity index (χ1) is 14.5. The fourth-order valence-corrected chi connectivity index (χ4v) is 3.83. The van der Waals surface area contributed by atoms with Crippen molar-refractivity contribution >= 4 is 11.8 Å². The fourth-order valence-electron chi connectivity index (χ4n) is 3.83. The summed E-state index contributed by atoms with van der Waals surface area (Å²) in [5, 5.41) is 0. The molecule has 0 radical (unpaired) electrons. The molecule has 1 heterocycles. The quantitative estimate of drug-likeness (QED) is 0.675. The van der Waals surface area contributed by atoms with Crippen molar-refractivity contribution in [2.24, 2.45) is 0 Å². The van der Waals surface area contributed by atoms with Gasteiger partial charge in [-0.1, -0.05) is 35.9 Å². The first-order valence-corrected chi connectivity index (χ1v) is 10.8. The van der Waals surface area contributed by atoms with Crippen LogP contribution >= 0.6 is 0 Å². The molecule has 2 amide bonds. The number of carbonyl (C=O) groups is 2. The van der Waals surface area contributed by atoms with E-state index in [4.69, 9.17) is 4.74 Å². The Labute approximate surface area is 179 Å². The van der Waals surface area contributed by atoms with Crippen LogP contribution in [0.15, 0.2) is 42.5 Å². The molecule has 0 saturated carbocycles. The van der Waals surface area contributed by atoms with Crippen molar-refractivity contribution in [2.45, 2.75) is 40.0 Å². The molecule has 0 unspecified atom stereocenters. The van der Waals surface area contributed by atoms with Crippen LogP contribution in [0.4, 0.5) is 0 Å². The summed E-state index contributed by atoms with van der Waals surface area (Å²) in [4.78, 5) is 29.1. The molecule has 30 heavy (non-hydrogen) atoms. The summed E-state index contributed by atoms with van der Waals surface area (Å²) in [5.74, 6) is 1.11. The van der Waals surface area contributed by atoms with Gasteiger partial charge in [0.05, 0.1) is 6.61 Å². The van der Waals surface area contributed by atoms with Crippen molar-refractivity contribution in [3.05, 3.63) is 64.7 Å². The Hall–Kier alpha value is -2.82. The molecule has 2 aromatic rings. The third-order valence-corrected chi connectivity index (χ3v) is 5.62. The first kappa shape index (κ1) is 21.9. The molecular weight excluding hydrogens is 376 g/mol. The van der Waals surface area contributed by atoms with Gasteiger partial charge in [0.2, 0.25) is 5.91 Å². The monoisotopic (exact) mass is 408 g/mol. The van der Waals surface area contributed by atoms with Gasteiger partial charge < -0.3 is 14.5 Å². The van der Waals surface area contributed by atoms with Crippen LogP contribution in [0.1, 0.15) is 46.3 Å². The molecule has 3 rings (SSSR count). The normalized spacial score (nSPS) is 14.4. The van der Waals surface area contributed by atoms with Crippen LogP contribution in [0.3, 0.4) is 0 Å². The van der Waals surface area contributed by atoms with E-state index < -0.39 is 0 Å². The average molecular weight is 409 g/mol. The van der Waals surface area contributed by atoms with Gasteiger partial charge in [0.1, 0.15) is 5.75 Å². The van der Waals surface area contributed by atoms with Gasteiger partial charge in [-0.05, 0) is 56.9 Å². The molecule has 2 aromatic carbocycles. The molecule has 1 aliphatic heterocycles. The molecule has 5 nitrogen and oxygen atoms in total. The second-order valence-electron chi connectivity index (χ2n) is 8.07.